The lowest BCUT2D eigenvalue weighted by atomic mass is 10.0. The molecule has 1 aromatic heterocycles. The van der Waals surface area contributed by atoms with Crippen LogP contribution in [0.2, 0.25) is 0 Å². The monoisotopic (exact) mass is 461 g/mol. The van der Waals surface area contributed by atoms with Gasteiger partial charge in [0.1, 0.15) is 23.4 Å². The van der Waals surface area contributed by atoms with Crippen molar-refractivity contribution < 1.29 is 18.3 Å². The van der Waals surface area contributed by atoms with E-state index in [1.54, 1.807) is 55.6 Å². The highest BCUT2D eigenvalue weighted by atomic mass is 19.1. The van der Waals surface area contributed by atoms with E-state index in [1.165, 1.54) is 6.92 Å². The van der Waals surface area contributed by atoms with E-state index < -0.39 is 29.1 Å². The van der Waals surface area contributed by atoms with Gasteiger partial charge >= 0.3 is 0 Å². The van der Waals surface area contributed by atoms with Crippen molar-refractivity contribution in [1.82, 2.24) is 9.78 Å². The fourth-order valence-electron chi connectivity index (χ4n) is 3.51. The summed E-state index contributed by atoms with van der Waals surface area (Å²) in [4.78, 5) is 26.3. The molecule has 8 heteroatoms. The summed E-state index contributed by atoms with van der Waals surface area (Å²) in [5.74, 6) is -1.70. The molecule has 0 aliphatic rings. The molecule has 3 aromatic carbocycles. The molecule has 0 spiro atoms. The lowest BCUT2D eigenvalue weighted by molar-refractivity contribution is -0.119. The molecule has 0 saturated carbocycles. The van der Waals surface area contributed by atoms with Crippen LogP contribution < -0.4 is 15.6 Å². The Morgan fingerprint density at radius 3 is 2.29 bits per heavy atom. The Labute approximate surface area is 194 Å². The number of hydrogen-bond donors (Lipinski definition) is 1. The molecule has 4 rings (SSSR count). The molecule has 0 bridgehead atoms. The zero-order valence-electron chi connectivity index (χ0n) is 18.5. The molecule has 1 N–H and O–H groups in total. The number of benzene rings is 3. The number of nitrogens with one attached hydrogen (secondary N) is 1. The quantitative estimate of drug-likeness (QED) is 0.436. The van der Waals surface area contributed by atoms with E-state index in [2.05, 4.69) is 10.4 Å². The zero-order chi connectivity index (χ0) is 24.2. The second-order valence-electron chi connectivity index (χ2n) is 7.61. The smallest absolute Gasteiger partial charge is 0.275 e. The molecule has 172 valence electrons. The molecule has 0 saturated heterocycles. The van der Waals surface area contributed by atoms with Gasteiger partial charge in [-0.2, -0.15) is 5.10 Å². The van der Waals surface area contributed by atoms with Gasteiger partial charge in [-0.3, -0.25) is 9.59 Å². The normalized spacial score (nSPS) is 11.6. The summed E-state index contributed by atoms with van der Waals surface area (Å²) in [6.07, 6.45) is 0. The average molecular weight is 461 g/mol. The van der Waals surface area contributed by atoms with Crippen LogP contribution >= 0.6 is 0 Å². The van der Waals surface area contributed by atoms with Crippen LogP contribution in [0, 0.1) is 11.6 Å². The number of rotatable bonds is 6. The van der Waals surface area contributed by atoms with Gasteiger partial charge in [0.25, 0.3) is 5.56 Å². The standard InChI is InChI=1S/C26H21F2N3O3/c1-16(25(32)29-21-13-19(27)12-20(28)14-21)31-26(33)23(17-7-4-3-5-8-17)15-24(30-31)18-9-6-10-22(11-18)34-2/h3-16H,1-2H3,(H,29,32). The summed E-state index contributed by atoms with van der Waals surface area (Å²) in [6, 6.07) is 19.5. The third-order valence-electron chi connectivity index (χ3n) is 5.26. The number of carbonyl (C=O) groups excluding carboxylic acids is 1. The Hall–Kier alpha value is -4.33. The van der Waals surface area contributed by atoms with Gasteiger partial charge < -0.3 is 10.1 Å². The van der Waals surface area contributed by atoms with Gasteiger partial charge in [0, 0.05) is 17.3 Å². The molecule has 1 atom stereocenters. The third kappa shape index (κ3) is 4.85. The Morgan fingerprint density at radius 1 is 0.941 bits per heavy atom. The molecule has 0 aliphatic heterocycles. The van der Waals surface area contributed by atoms with Gasteiger partial charge in [-0.05, 0) is 42.8 Å². The Morgan fingerprint density at radius 2 is 1.62 bits per heavy atom. The van der Waals surface area contributed by atoms with Gasteiger partial charge in [0.15, 0.2) is 0 Å². The van der Waals surface area contributed by atoms with E-state index in [0.717, 1.165) is 16.8 Å². The molecule has 0 fully saturated rings. The topological polar surface area (TPSA) is 73.2 Å². The van der Waals surface area contributed by atoms with Crippen LogP contribution in [0.15, 0.2) is 83.7 Å². The molecule has 1 unspecified atom stereocenters. The molecule has 4 aromatic rings. The number of ether oxygens (including phenoxy) is 1. The number of nitrogens with zero attached hydrogens (tertiary/aromatic N) is 2. The molecule has 0 aliphatic carbocycles. The fraction of sp³-hybridized carbons (Fsp3) is 0.115. The number of halogens is 2. The van der Waals surface area contributed by atoms with Crippen molar-refractivity contribution in [3.63, 3.8) is 0 Å². The molecule has 1 amide bonds. The summed E-state index contributed by atoms with van der Waals surface area (Å²) in [6.45, 7) is 1.49. The molecular weight excluding hydrogens is 440 g/mol. The highest BCUT2D eigenvalue weighted by Gasteiger charge is 2.22. The van der Waals surface area contributed by atoms with E-state index in [4.69, 9.17) is 4.74 Å². The van der Waals surface area contributed by atoms with Crippen LogP contribution in [0.4, 0.5) is 14.5 Å². The van der Waals surface area contributed by atoms with Crippen molar-refractivity contribution in [3.05, 3.63) is 101 Å². The maximum atomic E-state index is 13.5. The first kappa shape index (κ1) is 22.8. The predicted octanol–water partition coefficient (Wildman–Crippen LogP) is 5.06. The number of methoxy groups -OCH3 is 1. The van der Waals surface area contributed by atoms with Crippen molar-refractivity contribution in [2.24, 2.45) is 0 Å². The highest BCUT2D eigenvalue weighted by molar-refractivity contribution is 5.93. The van der Waals surface area contributed by atoms with Crippen molar-refractivity contribution in [1.29, 1.82) is 0 Å². The predicted molar refractivity (Wildman–Crippen MR) is 126 cm³/mol. The van der Waals surface area contributed by atoms with E-state index in [-0.39, 0.29) is 5.69 Å². The largest absolute Gasteiger partial charge is 0.497 e. The summed E-state index contributed by atoms with van der Waals surface area (Å²) in [7, 11) is 1.55. The van der Waals surface area contributed by atoms with Gasteiger partial charge in [0.2, 0.25) is 5.91 Å². The SMILES string of the molecule is COc1cccc(-c2cc(-c3ccccc3)c(=O)n(C(C)C(=O)Nc3cc(F)cc(F)c3)n2)c1. The number of anilines is 1. The van der Waals surface area contributed by atoms with Gasteiger partial charge in [0.05, 0.1) is 18.4 Å². The minimum Gasteiger partial charge on any atom is -0.497 e. The first-order chi connectivity index (χ1) is 16.4. The van der Waals surface area contributed by atoms with Gasteiger partial charge in [-0.15, -0.1) is 0 Å². The number of aromatic nitrogens is 2. The molecule has 1 heterocycles. The first-order valence-electron chi connectivity index (χ1n) is 10.5. The van der Waals surface area contributed by atoms with Crippen LogP contribution in [-0.2, 0) is 4.79 Å². The first-order valence-corrected chi connectivity index (χ1v) is 10.5. The van der Waals surface area contributed by atoms with E-state index in [1.807, 2.05) is 12.1 Å². The molecular formula is C26H21F2N3O3. The lowest BCUT2D eigenvalue weighted by Gasteiger charge is -2.17. The summed E-state index contributed by atoms with van der Waals surface area (Å²) in [5.41, 5.74) is 1.61. The van der Waals surface area contributed by atoms with Crippen molar-refractivity contribution >= 4 is 11.6 Å². The zero-order valence-corrected chi connectivity index (χ0v) is 18.5. The Bertz CT molecular complexity index is 1380. The minimum atomic E-state index is -1.08. The summed E-state index contributed by atoms with van der Waals surface area (Å²) >= 11 is 0. The number of carbonyl (C=O) groups is 1. The highest BCUT2D eigenvalue weighted by Crippen LogP contribution is 2.26. The number of hydrogen-bond acceptors (Lipinski definition) is 4. The van der Waals surface area contributed by atoms with Crippen molar-refractivity contribution in [2.45, 2.75) is 13.0 Å². The second kappa shape index (κ2) is 9.66. The van der Waals surface area contributed by atoms with Crippen molar-refractivity contribution in [2.75, 3.05) is 12.4 Å². The second-order valence-corrected chi connectivity index (χ2v) is 7.61. The van der Waals surface area contributed by atoms with Crippen LogP contribution in [0.5, 0.6) is 5.75 Å². The van der Waals surface area contributed by atoms with E-state index in [9.17, 15) is 18.4 Å². The van der Waals surface area contributed by atoms with Crippen molar-refractivity contribution in [3.8, 4) is 28.1 Å². The lowest BCUT2D eigenvalue weighted by Crippen LogP contribution is -2.34. The minimum absolute atomic E-state index is 0.0605. The van der Waals surface area contributed by atoms with Crippen LogP contribution in [0.3, 0.4) is 0 Å². The van der Waals surface area contributed by atoms with Crippen LogP contribution in [0.1, 0.15) is 13.0 Å². The maximum absolute atomic E-state index is 13.5. The third-order valence-corrected chi connectivity index (χ3v) is 5.26. The molecule has 34 heavy (non-hydrogen) atoms. The Kier molecular flexibility index (Phi) is 6.49. The van der Waals surface area contributed by atoms with Crippen LogP contribution in [0.25, 0.3) is 22.4 Å². The molecule has 0 radical (unpaired) electrons. The summed E-state index contributed by atoms with van der Waals surface area (Å²) in [5, 5.41) is 6.89. The fourth-order valence-corrected chi connectivity index (χ4v) is 3.51. The molecule has 6 nitrogen and oxygen atoms in total. The van der Waals surface area contributed by atoms with Crippen LogP contribution in [-0.4, -0.2) is 22.8 Å². The van der Waals surface area contributed by atoms with E-state index in [0.29, 0.717) is 34.2 Å². The van der Waals surface area contributed by atoms with Gasteiger partial charge in [-0.25, -0.2) is 13.5 Å². The number of amides is 1. The average Bonchev–Trinajstić information content (AvgIpc) is 2.83. The summed E-state index contributed by atoms with van der Waals surface area (Å²) < 4.78 is 33.4. The van der Waals surface area contributed by atoms with E-state index >= 15 is 0 Å². The maximum Gasteiger partial charge on any atom is 0.275 e. The van der Waals surface area contributed by atoms with Gasteiger partial charge in [-0.1, -0.05) is 42.5 Å². The Balaban J connectivity index is 1.80.